The Morgan fingerprint density at radius 3 is 2.81 bits per heavy atom. The van der Waals surface area contributed by atoms with E-state index in [0.29, 0.717) is 10.7 Å². The third kappa shape index (κ3) is 2.93. The number of nitrogens with zero attached hydrogens (tertiary/aromatic N) is 3. The molecule has 0 aliphatic rings. The number of rotatable bonds is 2. The van der Waals surface area contributed by atoms with Crippen LogP contribution in [0.4, 0.5) is 10.5 Å². The first kappa shape index (κ1) is 12.4. The number of carbonyl (C=O) groups excluding carboxylic acids is 1. The van der Waals surface area contributed by atoms with E-state index < -0.39 is 0 Å². The molecule has 0 aliphatic carbocycles. The maximum atomic E-state index is 11.6. The van der Waals surface area contributed by atoms with Crippen molar-refractivity contribution in [2.24, 2.45) is 10.3 Å². The fourth-order valence-electron chi connectivity index (χ4n) is 1.11. The van der Waals surface area contributed by atoms with Crippen molar-refractivity contribution in [3.8, 4) is 0 Å². The molecule has 0 saturated carbocycles. The maximum Gasteiger partial charge on any atom is 0.343 e. The summed E-state index contributed by atoms with van der Waals surface area (Å²) >= 11 is 5.93. The van der Waals surface area contributed by atoms with Gasteiger partial charge in [0.05, 0.1) is 7.05 Å². The monoisotopic (exact) mass is 240 g/mol. The fraction of sp³-hybridized carbons (Fsp3) is 0.300. The molecule has 1 aromatic carbocycles. The van der Waals surface area contributed by atoms with Crippen LogP contribution in [0.2, 0.25) is 5.02 Å². The molecule has 0 saturated heterocycles. The van der Waals surface area contributed by atoms with Crippen LogP contribution in [-0.4, -0.2) is 25.1 Å². The molecule has 0 atom stereocenters. The summed E-state index contributed by atoms with van der Waals surface area (Å²) < 4.78 is 0. The van der Waals surface area contributed by atoms with Gasteiger partial charge in [0.2, 0.25) is 0 Å². The largest absolute Gasteiger partial charge is 0.343 e. The van der Waals surface area contributed by atoms with Gasteiger partial charge in [-0.1, -0.05) is 22.9 Å². The maximum absolute atomic E-state index is 11.6. The van der Waals surface area contributed by atoms with Gasteiger partial charge in [-0.2, -0.15) is 10.1 Å². The van der Waals surface area contributed by atoms with Crippen molar-refractivity contribution in [1.82, 2.24) is 5.01 Å². The molecule has 86 valence electrons. The Labute approximate surface area is 99.1 Å². The summed E-state index contributed by atoms with van der Waals surface area (Å²) in [5.74, 6) is 0. The predicted octanol–water partition coefficient (Wildman–Crippen LogP) is 3.11. The number of hydrogen-bond donors (Lipinski definition) is 1. The molecule has 1 aromatic rings. The molecule has 16 heavy (non-hydrogen) atoms. The highest BCUT2D eigenvalue weighted by atomic mass is 35.5. The average Bonchev–Trinajstić information content (AvgIpc) is 2.25. The van der Waals surface area contributed by atoms with Crippen LogP contribution in [0.3, 0.4) is 0 Å². The van der Waals surface area contributed by atoms with Crippen molar-refractivity contribution in [2.45, 2.75) is 6.92 Å². The van der Waals surface area contributed by atoms with Crippen LogP contribution in [0.25, 0.3) is 0 Å². The van der Waals surface area contributed by atoms with Crippen LogP contribution in [0, 0.1) is 6.92 Å². The number of anilines is 1. The van der Waals surface area contributed by atoms with E-state index in [1.165, 1.54) is 14.1 Å². The van der Waals surface area contributed by atoms with Crippen molar-refractivity contribution in [3.05, 3.63) is 28.8 Å². The van der Waals surface area contributed by atoms with Gasteiger partial charge in [-0.3, -0.25) is 0 Å². The molecule has 0 aromatic heterocycles. The molecule has 1 N–H and O–H groups in total. The first-order valence-electron chi connectivity index (χ1n) is 4.66. The lowest BCUT2D eigenvalue weighted by Crippen LogP contribution is -2.26. The normalized spacial score (nSPS) is 10.5. The first-order valence-corrected chi connectivity index (χ1v) is 5.03. The fourth-order valence-corrected chi connectivity index (χ4v) is 1.29. The van der Waals surface area contributed by atoms with Crippen molar-refractivity contribution < 1.29 is 4.79 Å². The smallest absolute Gasteiger partial charge is 0.306 e. The van der Waals surface area contributed by atoms with Gasteiger partial charge in [0, 0.05) is 17.8 Å². The van der Waals surface area contributed by atoms with Crippen LogP contribution in [0.5, 0.6) is 0 Å². The van der Waals surface area contributed by atoms with E-state index in [1.54, 1.807) is 18.2 Å². The number of amides is 2. The highest BCUT2D eigenvalue weighted by Gasteiger charge is 2.10. The second-order valence-electron chi connectivity index (χ2n) is 3.16. The minimum absolute atomic E-state index is 0.365. The summed E-state index contributed by atoms with van der Waals surface area (Å²) in [5.41, 5.74) is 1.48. The third-order valence-corrected chi connectivity index (χ3v) is 2.44. The number of benzene rings is 1. The molecule has 0 aliphatic heterocycles. The number of hydrogen-bond acceptors (Lipinski definition) is 3. The Morgan fingerprint density at radius 1 is 1.50 bits per heavy atom. The lowest BCUT2D eigenvalue weighted by atomic mass is 10.2. The number of carbonyl (C=O) groups is 1. The molecule has 2 amide bonds. The SMILES string of the molecule is CN=NN(C)C(=O)Nc1cccc(Cl)c1C. The molecule has 0 fully saturated rings. The van der Waals surface area contributed by atoms with Crippen LogP contribution in [0.15, 0.2) is 28.5 Å². The first-order chi connectivity index (χ1) is 7.56. The second-order valence-corrected chi connectivity index (χ2v) is 3.56. The van der Waals surface area contributed by atoms with Gasteiger partial charge < -0.3 is 5.32 Å². The van der Waals surface area contributed by atoms with Crippen molar-refractivity contribution in [3.63, 3.8) is 0 Å². The van der Waals surface area contributed by atoms with Crippen molar-refractivity contribution in [2.75, 3.05) is 19.4 Å². The van der Waals surface area contributed by atoms with Crippen LogP contribution >= 0.6 is 11.6 Å². The van der Waals surface area contributed by atoms with Crippen LogP contribution in [0.1, 0.15) is 5.56 Å². The van der Waals surface area contributed by atoms with E-state index in [-0.39, 0.29) is 6.03 Å². The van der Waals surface area contributed by atoms with E-state index in [0.717, 1.165) is 10.6 Å². The van der Waals surface area contributed by atoms with E-state index in [4.69, 9.17) is 11.6 Å². The van der Waals surface area contributed by atoms with Gasteiger partial charge in [0.25, 0.3) is 0 Å². The Morgan fingerprint density at radius 2 is 2.19 bits per heavy atom. The standard InChI is InChI=1S/C10H13ClN4O/c1-7-8(11)5-4-6-9(7)13-10(16)15(3)14-12-2/h4-6H,1-3H3,(H,13,16). The Bertz CT molecular complexity index is 419. The molecule has 0 spiro atoms. The summed E-state index contributed by atoms with van der Waals surface area (Å²) in [7, 11) is 3.01. The summed E-state index contributed by atoms with van der Waals surface area (Å²) in [6.07, 6.45) is 0. The Balaban J connectivity index is 2.81. The van der Waals surface area contributed by atoms with E-state index in [9.17, 15) is 4.79 Å². The molecular formula is C10H13ClN4O. The van der Waals surface area contributed by atoms with Crippen LogP contribution in [-0.2, 0) is 0 Å². The summed E-state index contributed by atoms with van der Waals surface area (Å²) in [6, 6.07) is 4.95. The molecule has 1 rings (SSSR count). The molecule has 0 unspecified atom stereocenters. The van der Waals surface area contributed by atoms with E-state index >= 15 is 0 Å². The third-order valence-electron chi connectivity index (χ3n) is 2.03. The Kier molecular flexibility index (Phi) is 4.25. The molecule has 0 radical (unpaired) electrons. The molecule has 0 bridgehead atoms. The molecule has 5 nitrogen and oxygen atoms in total. The zero-order chi connectivity index (χ0) is 12.1. The molecular weight excluding hydrogens is 228 g/mol. The van der Waals surface area contributed by atoms with Gasteiger partial charge >= 0.3 is 6.03 Å². The number of nitrogens with one attached hydrogen (secondary N) is 1. The zero-order valence-electron chi connectivity index (χ0n) is 9.36. The van der Waals surface area contributed by atoms with Crippen molar-refractivity contribution >= 4 is 23.3 Å². The summed E-state index contributed by atoms with van der Waals surface area (Å²) in [6.45, 7) is 1.83. The van der Waals surface area contributed by atoms with Gasteiger partial charge in [-0.25, -0.2) is 4.79 Å². The highest BCUT2D eigenvalue weighted by Crippen LogP contribution is 2.23. The second kappa shape index (κ2) is 5.46. The van der Waals surface area contributed by atoms with Gasteiger partial charge in [0.15, 0.2) is 0 Å². The highest BCUT2D eigenvalue weighted by molar-refractivity contribution is 6.31. The van der Waals surface area contributed by atoms with Gasteiger partial charge in [-0.15, -0.1) is 0 Å². The summed E-state index contributed by atoms with van der Waals surface area (Å²) in [5, 5.41) is 11.5. The minimum Gasteiger partial charge on any atom is -0.306 e. The van der Waals surface area contributed by atoms with Gasteiger partial charge in [0.1, 0.15) is 0 Å². The minimum atomic E-state index is -0.365. The molecule has 6 heteroatoms. The Hall–Kier alpha value is -1.62. The lowest BCUT2D eigenvalue weighted by Gasteiger charge is -2.13. The predicted molar refractivity (Wildman–Crippen MR) is 63.8 cm³/mol. The topological polar surface area (TPSA) is 57.1 Å². The molecule has 0 heterocycles. The number of halogens is 1. The number of urea groups is 1. The van der Waals surface area contributed by atoms with Crippen molar-refractivity contribution in [1.29, 1.82) is 0 Å². The quantitative estimate of drug-likeness (QED) is 0.627. The van der Waals surface area contributed by atoms with E-state index in [1.807, 2.05) is 6.92 Å². The van der Waals surface area contributed by atoms with Crippen LogP contribution < -0.4 is 5.32 Å². The lowest BCUT2D eigenvalue weighted by molar-refractivity contribution is 0.221. The zero-order valence-corrected chi connectivity index (χ0v) is 10.1. The average molecular weight is 241 g/mol. The summed E-state index contributed by atoms with van der Waals surface area (Å²) in [4.78, 5) is 11.6. The van der Waals surface area contributed by atoms with E-state index in [2.05, 4.69) is 15.7 Å². The van der Waals surface area contributed by atoms with Gasteiger partial charge in [-0.05, 0) is 24.6 Å².